The molecule has 1 amide bonds. The average molecular weight is 360 g/mol. The van der Waals surface area contributed by atoms with Crippen molar-refractivity contribution in [2.24, 2.45) is 5.92 Å². The van der Waals surface area contributed by atoms with E-state index < -0.39 is 0 Å². The zero-order chi connectivity index (χ0) is 13.3. The lowest BCUT2D eigenvalue weighted by Gasteiger charge is -2.25. The summed E-state index contributed by atoms with van der Waals surface area (Å²) in [7, 11) is 0. The normalized spacial score (nSPS) is 20.9. The zero-order valence-corrected chi connectivity index (χ0v) is 13.7. The molecular formula is C15H20BrClN2O. The van der Waals surface area contributed by atoms with E-state index in [1.54, 1.807) is 0 Å². The molecule has 5 heteroatoms. The Balaban J connectivity index is 0.00000147. The third-order valence-electron chi connectivity index (χ3n) is 4.20. The van der Waals surface area contributed by atoms with Gasteiger partial charge in [0.2, 0.25) is 5.91 Å². The Labute approximate surface area is 134 Å². The molecule has 0 spiro atoms. The molecule has 20 heavy (non-hydrogen) atoms. The molecule has 110 valence electrons. The van der Waals surface area contributed by atoms with Gasteiger partial charge in [-0.1, -0.05) is 28.1 Å². The van der Waals surface area contributed by atoms with Gasteiger partial charge in [0.25, 0.3) is 0 Å². The summed E-state index contributed by atoms with van der Waals surface area (Å²) in [6.07, 6.45) is 4.03. The van der Waals surface area contributed by atoms with Crippen molar-refractivity contribution in [3.8, 4) is 0 Å². The van der Waals surface area contributed by atoms with Crippen molar-refractivity contribution < 1.29 is 4.79 Å². The zero-order valence-electron chi connectivity index (χ0n) is 11.3. The summed E-state index contributed by atoms with van der Waals surface area (Å²) >= 11 is 3.50. The summed E-state index contributed by atoms with van der Waals surface area (Å²) in [6.45, 7) is 1.92. The quantitative estimate of drug-likeness (QED) is 0.871. The standard InChI is InChI=1S/C15H19BrN2O.ClH/c16-13-3-1-2-12(10-13)15(6-7-15)18-14(19)11-4-8-17-9-5-11;/h1-3,10-11,17H,4-9H2,(H,18,19);1H. The highest BCUT2D eigenvalue weighted by atomic mass is 79.9. The number of amides is 1. The molecule has 1 aromatic carbocycles. The third kappa shape index (κ3) is 3.35. The molecule has 0 radical (unpaired) electrons. The predicted molar refractivity (Wildman–Crippen MR) is 86.0 cm³/mol. The van der Waals surface area contributed by atoms with Gasteiger partial charge in [0.15, 0.2) is 0 Å². The van der Waals surface area contributed by atoms with Crippen LogP contribution in [0, 0.1) is 5.92 Å². The number of carbonyl (C=O) groups excluding carboxylic acids is 1. The number of hydrogen-bond acceptors (Lipinski definition) is 2. The molecule has 0 atom stereocenters. The Kier molecular flexibility index (Phi) is 5.10. The van der Waals surface area contributed by atoms with E-state index in [1.807, 2.05) is 12.1 Å². The van der Waals surface area contributed by atoms with Crippen molar-refractivity contribution in [3.63, 3.8) is 0 Å². The highest BCUT2D eigenvalue weighted by Gasteiger charge is 2.46. The Morgan fingerprint density at radius 3 is 2.60 bits per heavy atom. The van der Waals surface area contributed by atoms with Crippen molar-refractivity contribution in [1.29, 1.82) is 0 Å². The van der Waals surface area contributed by atoms with Gasteiger partial charge in [-0.3, -0.25) is 4.79 Å². The molecule has 1 aliphatic carbocycles. The lowest BCUT2D eigenvalue weighted by molar-refractivity contribution is -0.126. The van der Waals surface area contributed by atoms with Gasteiger partial charge in [-0.2, -0.15) is 0 Å². The van der Waals surface area contributed by atoms with E-state index in [1.165, 1.54) is 5.56 Å². The Morgan fingerprint density at radius 1 is 1.30 bits per heavy atom. The van der Waals surface area contributed by atoms with Crippen molar-refractivity contribution >= 4 is 34.2 Å². The van der Waals surface area contributed by atoms with Crippen LogP contribution in [0.5, 0.6) is 0 Å². The van der Waals surface area contributed by atoms with E-state index in [9.17, 15) is 4.79 Å². The maximum Gasteiger partial charge on any atom is 0.223 e. The first-order valence-corrected chi connectivity index (χ1v) is 7.78. The minimum atomic E-state index is -0.0915. The highest BCUT2D eigenvalue weighted by Crippen LogP contribution is 2.46. The van der Waals surface area contributed by atoms with Crippen LogP contribution in [0.25, 0.3) is 0 Å². The second-order valence-corrected chi connectivity index (χ2v) is 6.52. The molecule has 1 aliphatic heterocycles. The number of piperidine rings is 1. The lowest BCUT2D eigenvalue weighted by Crippen LogP contribution is -2.42. The van der Waals surface area contributed by atoms with Crippen LogP contribution < -0.4 is 10.6 Å². The maximum absolute atomic E-state index is 12.4. The van der Waals surface area contributed by atoms with Crippen LogP contribution in [-0.4, -0.2) is 19.0 Å². The molecule has 2 N–H and O–H groups in total. The molecule has 0 unspecified atom stereocenters. The Bertz CT molecular complexity index is 485. The van der Waals surface area contributed by atoms with Gasteiger partial charge >= 0.3 is 0 Å². The van der Waals surface area contributed by atoms with Crippen LogP contribution in [0.3, 0.4) is 0 Å². The summed E-state index contributed by atoms with van der Waals surface area (Å²) < 4.78 is 1.08. The summed E-state index contributed by atoms with van der Waals surface area (Å²) in [5, 5.41) is 6.59. The Hall–Kier alpha value is -0.580. The molecule has 1 aromatic rings. The van der Waals surface area contributed by atoms with E-state index >= 15 is 0 Å². The van der Waals surface area contributed by atoms with E-state index in [0.29, 0.717) is 0 Å². The predicted octanol–water partition coefficient (Wildman–Crippen LogP) is 2.98. The van der Waals surface area contributed by atoms with Gasteiger partial charge in [-0.15, -0.1) is 12.4 Å². The number of hydrogen-bond donors (Lipinski definition) is 2. The first-order valence-electron chi connectivity index (χ1n) is 6.98. The van der Waals surface area contributed by atoms with E-state index in [2.05, 4.69) is 38.7 Å². The molecule has 3 rings (SSSR count). The topological polar surface area (TPSA) is 41.1 Å². The fourth-order valence-corrected chi connectivity index (χ4v) is 3.22. The van der Waals surface area contributed by atoms with Crippen LogP contribution in [0.1, 0.15) is 31.2 Å². The average Bonchev–Trinajstić information content (AvgIpc) is 3.21. The summed E-state index contributed by atoms with van der Waals surface area (Å²) in [4.78, 5) is 12.4. The molecule has 2 fully saturated rings. The van der Waals surface area contributed by atoms with Crippen LogP contribution in [-0.2, 0) is 10.3 Å². The first-order chi connectivity index (χ1) is 9.20. The van der Waals surface area contributed by atoms with Gasteiger partial charge in [0.1, 0.15) is 0 Å². The molecule has 1 saturated heterocycles. The number of benzene rings is 1. The maximum atomic E-state index is 12.4. The van der Waals surface area contributed by atoms with Gasteiger partial charge in [0.05, 0.1) is 5.54 Å². The summed E-state index contributed by atoms with van der Waals surface area (Å²) in [5.41, 5.74) is 1.13. The fourth-order valence-electron chi connectivity index (χ4n) is 2.82. The molecule has 3 nitrogen and oxygen atoms in total. The second kappa shape index (κ2) is 6.46. The summed E-state index contributed by atoms with van der Waals surface area (Å²) in [5.74, 6) is 0.421. The molecule has 0 bridgehead atoms. The van der Waals surface area contributed by atoms with Gasteiger partial charge in [0, 0.05) is 10.4 Å². The number of rotatable bonds is 3. The van der Waals surface area contributed by atoms with Crippen LogP contribution in [0.2, 0.25) is 0 Å². The van der Waals surface area contributed by atoms with Gasteiger partial charge in [-0.25, -0.2) is 0 Å². The largest absolute Gasteiger partial charge is 0.346 e. The Morgan fingerprint density at radius 2 is 2.00 bits per heavy atom. The SMILES string of the molecule is Cl.O=C(NC1(c2cccc(Br)c2)CC1)C1CCNCC1. The lowest BCUT2D eigenvalue weighted by atomic mass is 9.95. The van der Waals surface area contributed by atoms with E-state index in [-0.39, 0.29) is 29.8 Å². The number of nitrogens with one attached hydrogen (secondary N) is 2. The van der Waals surface area contributed by atoms with Crippen LogP contribution in [0.15, 0.2) is 28.7 Å². The molecule has 0 aromatic heterocycles. The van der Waals surface area contributed by atoms with Crippen molar-refractivity contribution in [2.45, 2.75) is 31.2 Å². The molecule has 1 saturated carbocycles. The molecule has 1 heterocycles. The first kappa shape index (κ1) is 15.8. The highest BCUT2D eigenvalue weighted by molar-refractivity contribution is 9.10. The van der Waals surface area contributed by atoms with Crippen molar-refractivity contribution in [1.82, 2.24) is 10.6 Å². The minimum absolute atomic E-state index is 0. The van der Waals surface area contributed by atoms with Gasteiger partial charge < -0.3 is 10.6 Å². The third-order valence-corrected chi connectivity index (χ3v) is 4.69. The van der Waals surface area contributed by atoms with Crippen LogP contribution >= 0.6 is 28.3 Å². The van der Waals surface area contributed by atoms with Gasteiger partial charge in [-0.05, 0) is 56.5 Å². The number of carbonyl (C=O) groups is 1. The van der Waals surface area contributed by atoms with Crippen LogP contribution in [0.4, 0.5) is 0 Å². The van der Waals surface area contributed by atoms with Crippen molar-refractivity contribution in [2.75, 3.05) is 13.1 Å². The minimum Gasteiger partial charge on any atom is -0.346 e. The van der Waals surface area contributed by atoms with Crippen molar-refractivity contribution in [3.05, 3.63) is 34.3 Å². The fraction of sp³-hybridized carbons (Fsp3) is 0.533. The second-order valence-electron chi connectivity index (χ2n) is 5.61. The van der Waals surface area contributed by atoms with E-state index in [0.717, 1.165) is 43.2 Å². The smallest absolute Gasteiger partial charge is 0.223 e. The van der Waals surface area contributed by atoms with E-state index in [4.69, 9.17) is 0 Å². The summed E-state index contributed by atoms with van der Waals surface area (Å²) in [6, 6.07) is 8.29. The number of halogens is 2. The molecule has 2 aliphatic rings. The molecular weight excluding hydrogens is 340 g/mol. The monoisotopic (exact) mass is 358 g/mol.